The van der Waals surface area contributed by atoms with Gasteiger partial charge in [-0.3, -0.25) is 10.0 Å². The van der Waals surface area contributed by atoms with Gasteiger partial charge < -0.3 is 0 Å². The molecule has 0 aliphatic carbocycles. The fourth-order valence-corrected chi connectivity index (χ4v) is 1.60. The lowest BCUT2D eigenvalue weighted by molar-refractivity contribution is 0.0705. The summed E-state index contributed by atoms with van der Waals surface area (Å²) in [6.07, 6.45) is 0. The molecule has 0 aliphatic rings. The van der Waals surface area contributed by atoms with Crippen molar-refractivity contribution in [1.29, 1.82) is 0 Å². The maximum atomic E-state index is 11.2. The third-order valence-electron chi connectivity index (χ3n) is 1.82. The van der Waals surface area contributed by atoms with Crippen molar-refractivity contribution in [2.24, 2.45) is 0 Å². The van der Waals surface area contributed by atoms with E-state index in [4.69, 9.17) is 28.4 Å². The lowest BCUT2D eigenvalue weighted by Gasteiger charge is -2.09. The molecule has 0 spiro atoms. The monoisotopic (exact) mass is 234 g/mol. The zero-order valence-electron chi connectivity index (χ0n) is 7.56. The Balaban J connectivity index is 3.44. The minimum atomic E-state index is -0.720. The molecule has 1 aromatic rings. The molecule has 0 fully saturated rings. The number of hydrogen-bond acceptors (Lipinski definition) is 3. The van der Waals surface area contributed by atoms with Crippen molar-refractivity contribution in [3.8, 4) is 0 Å². The minimum Gasteiger partial charge on any atom is -0.288 e. The third-order valence-corrected chi connectivity index (χ3v) is 2.65. The number of pyridine rings is 1. The van der Waals surface area contributed by atoms with Crippen LogP contribution in [-0.4, -0.2) is 16.1 Å². The molecule has 0 bridgehead atoms. The molecule has 6 heteroatoms. The van der Waals surface area contributed by atoms with Crippen LogP contribution in [0.25, 0.3) is 0 Å². The number of nitrogens with one attached hydrogen (secondary N) is 1. The number of hydroxylamine groups is 1. The number of aryl methyl sites for hydroxylation is 1. The fraction of sp³-hybridized carbons (Fsp3) is 0.250. The first-order chi connectivity index (χ1) is 6.49. The summed E-state index contributed by atoms with van der Waals surface area (Å²) in [4.78, 5) is 15.0. The number of rotatable bonds is 1. The van der Waals surface area contributed by atoms with Gasteiger partial charge in [0.05, 0.1) is 16.3 Å². The molecule has 1 rings (SSSR count). The average Bonchev–Trinajstić information content (AvgIpc) is 2.14. The van der Waals surface area contributed by atoms with Crippen LogP contribution in [0, 0.1) is 13.8 Å². The Kier molecular flexibility index (Phi) is 3.31. The van der Waals surface area contributed by atoms with Crippen molar-refractivity contribution in [2.45, 2.75) is 13.8 Å². The smallest absolute Gasteiger partial charge is 0.278 e. The van der Waals surface area contributed by atoms with Gasteiger partial charge in [-0.25, -0.2) is 10.5 Å². The van der Waals surface area contributed by atoms with Crippen LogP contribution >= 0.6 is 23.2 Å². The standard InChI is InChI=1S/C8H8Cl2N2O2/c1-3-5(8(13)12-14)7(10)11-4(2)6(3)9/h14H,1-2H3,(H,12,13). The summed E-state index contributed by atoms with van der Waals surface area (Å²) in [5, 5.41) is 8.86. The molecule has 0 aliphatic heterocycles. The highest BCUT2D eigenvalue weighted by molar-refractivity contribution is 6.35. The molecule has 76 valence electrons. The first-order valence-corrected chi connectivity index (χ1v) is 4.51. The van der Waals surface area contributed by atoms with Gasteiger partial charge in [0.25, 0.3) is 5.91 Å². The highest BCUT2D eigenvalue weighted by Crippen LogP contribution is 2.26. The van der Waals surface area contributed by atoms with Gasteiger partial charge in [-0.2, -0.15) is 0 Å². The molecule has 0 unspecified atom stereocenters. The van der Waals surface area contributed by atoms with E-state index in [-0.39, 0.29) is 10.7 Å². The molecule has 14 heavy (non-hydrogen) atoms. The van der Waals surface area contributed by atoms with E-state index in [1.165, 1.54) is 5.48 Å². The molecule has 2 N–H and O–H groups in total. The molecule has 0 atom stereocenters. The van der Waals surface area contributed by atoms with Gasteiger partial charge in [0.1, 0.15) is 5.15 Å². The number of nitrogens with zero attached hydrogens (tertiary/aromatic N) is 1. The normalized spacial score (nSPS) is 10.1. The molecule has 0 saturated carbocycles. The van der Waals surface area contributed by atoms with E-state index in [9.17, 15) is 4.79 Å². The van der Waals surface area contributed by atoms with Crippen LogP contribution in [-0.2, 0) is 0 Å². The number of aromatic nitrogens is 1. The molecule has 1 amide bonds. The van der Waals surface area contributed by atoms with E-state index >= 15 is 0 Å². The Morgan fingerprint density at radius 1 is 1.43 bits per heavy atom. The third kappa shape index (κ3) is 1.82. The molecule has 1 aromatic heterocycles. The van der Waals surface area contributed by atoms with Gasteiger partial charge in [0.2, 0.25) is 0 Å². The van der Waals surface area contributed by atoms with Crippen LogP contribution in [0.2, 0.25) is 10.2 Å². The zero-order valence-corrected chi connectivity index (χ0v) is 9.07. The molecule has 0 aromatic carbocycles. The maximum Gasteiger partial charge on any atom is 0.278 e. The average molecular weight is 235 g/mol. The van der Waals surface area contributed by atoms with Gasteiger partial charge in [-0.1, -0.05) is 23.2 Å². The Morgan fingerprint density at radius 2 is 2.00 bits per heavy atom. The lowest BCUT2D eigenvalue weighted by atomic mass is 10.1. The van der Waals surface area contributed by atoms with Gasteiger partial charge >= 0.3 is 0 Å². The van der Waals surface area contributed by atoms with Gasteiger partial charge in [-0.05, 0) is 19.4 Å². The maximum absolute atomic E-state index is 11.2. The van der Waals surface area contributed by atoms with E-state index in [1.807, 2.05) is 0 Å². The van der Waals surface area contributed by atoms with Gasteiger partial charge in [0, 0.05) is 0 Å². The van der Waals surface area contributed by atoms with E-state index in [0.29, 0.717) is 16.3 Å². The van der Waals surface area contributed by atoms with Crippen LogP contribution in [0.15, 0.2) is 0 Å². The summed E-state index contributed by atoms with van der Waals surface area (Å²) in [5.74, 6) is -0.720. The zero-order chi connectivity index (χ0) is 10.9. The van der Waals surface area contributed by atoms with E-state index in [2.05, 4.69) is 4.98 Å². The van der Waals surface area contributed by atoms with Crippen molar-refractivity contribution in [1.82, 2.24) is 10.5 Å². The number of carbonyl (C=O) groups is 1. The second kappa shape index (κ2) is 4.13. The molecule has 0 radical (unpaired) electrons. The Bertz CT molecular complexity index is 393. The van der Waals surface area contributed by atoms with Crippen molar-refractivity contribution in [2.75, 3.05) is 0 Å². The topological polar surface area (TPSA) is 62.2 Å². The molecule has 0 saturated heterocycles. The summed E-state index contributed by atoms with van der Waals surface area (Å²) < 4.78 is 0. The Hall–Kier alpha value is -0.840. The van der Waals surface area contributed by atoms with Crippen molar-refractivity contribution < 1.29 is 10.0 Å². The highest BCUT2D eigenvalue weighted by Gasteiger charge is 2.18. The van der Waals surface area contributed by atoms with Gasteiger partial charge in [0.15, 0.2) is 0 Å². The number of halogens is 2. The highest BCUT2D eigenvalue weighted by atomic mass is 35.5. The molecule has 4 nitrogen and oxygen atoms in total. The summed E-state index contributed by atoms with van der Waals surface area (Å²) in [6.45, 7) is 3.31. The molecular formula is C8H8Cl2N2O2. The quantitative estimate of drug-likeness (QED) is 0.445. The van der Waals surface area contributed by atoms with Crippen LogP contribution < -0.4 is 5.48 Å². The van der Waals surface area contributed by atoms with Crippen LogP contribution in [0.4, 0.5) is 0 Å². The van der Waals surface area contributed by atoms with Crippen LogP contribution in [0.1, 0.15) is 21.6 Å². The van der Waals surface area contributed by atoms with Crippen molar-refractivity contribution >= 4 is 29.1 Å². The number of amides is 1. The first kappa shape index (κ1) is 11.2. The predicted molar refractivity (Wildman–Crippen MR) is 53.0 cm³/mol. The van der Waals surface area contributed by atoms with E-state index in [0.717, 1.165) is 0 Å². The minimum absolute atomic E-state index is 0.0240. The van der Waals surface area contributed by atoms with Crippen LogP contribution in [0.3, 0.4) is 0 Å². The SMILES string of the molecule is Cc1nc(Cl)c(C(=O)NO)c(C)c1Cl. The van der Waals surface area contributed by atoms with Gasteiger partial charge in [-0.15, -0.1) is 0 Å². The van der Waals surface area contributed by atoms with Crippen molar-refractivity contribution in [3.05, 3.63) is 27.0 Å². The molecular weight excluding hydrogens is 227 g/mol. The summed E-state index contributed by atoms with van der Waals surface area (Å²) in [6, 6.07) is 0. The Labute approximate surface area is 90.8 Å². The first-order valence-electron chi connectivity index (χ1n) is 3.75. The largest absolute Gasteiger partial charge is 0.288 e. The molecule has 1 heterocycles. The lowest BCUT2D eigenvalue weighted by Crippen LogP contribution is -2.21. The van der Waals surface area contributed by atoms with E-state index in [1.54, 1.807) is 13.8 Å². The van der Waals surface area contributed by atoms with E-state index < -0.39 is 5.91 Å². The summed E-state index contributed by atoms with van der Waals surface area (Å²) in [7, 11) is 0. The fourth-order valence-electron chi connectivity index (χ4n) is 1.11. The second-order valence-corrected chi connectivity index (χ2v) is 3.48. The predicted octanol–water partition coefficient (Wildman–Crippen LogP) is 2.12. The number of hydrogen-bond donors (Lipinski definition) is 2. The Morgan fingerprint density at radius 3 is 2.50 bits per heavy atom. The summed E-state index contributed by atoms with van der Waals surface area (Å²) >= 11 is 11.6. The number of carbonyl (C=O) groups excluding carboxylic acids is 1. The van der Waals surface area contributed by atoms with Crippen molar-refractivity contribution in [3.63, 3.8) is 0 Å². The summed E-state index contributed by atoms with van der Waals surface area (Å²) in [5.41, 5.74) is 2.62. The van der Waals surface area contributed by atoms with Crippen LogP contribution in [0.5, 0.6) is 0 Å². The second-order valence-electron chi connectivity index (χ2n) is 2.74.